The number of carbonyl (C=O) groups excluding carboxylic acids is 1. The minimum Gasteiger partial charge on any atom is -0.346 e. The smallest absolute Gasteiger partial charge is 0.149 e. The van der Waals surface area contributed by atoms with Gasteiger partial charge >= 0.3 is 0 Å². The lowest BCUT2D eigenvalue weighted by Gasteiger charge is -2.12. The largest absolute Gasteiger partial charge is 0.346 e. The summed E-state index contributed by atoms with van der Waals surface area (Å²) in [6.45, 7) is 2.49. The number of aromatic nitrogens is 2. The van der Waals surface area contributed by atoms with E-state index < -0.39 is 0 Å². The topological polar surface area (TPSA) is 46.9 Å². The third kappa shape index (κ3) is 1.01. The second kappa shape index (κ2) is 2.48. The molecule has 1 aliphatic heterocycles. The van der Waals surface area contributed by atoms with E-state index in [9.17, 15) is 4.79 Å². The number of nitrogens with one attached hydrogen (secondary N) is 1. The summed E-state index contributed by atoms with van der Waals surface area (Å²) in [6.07, 6.45) is 2.55. The fourth-order valence-electron chi connectivity index (χ4n) is 1.24. The minimum atomic E-state index is 0.569. The van der Waals surface area contributed by atoms with Crippen molar-refractivity contribution in [3.05, 3.63) is 23.5 Å². The van der Waals surface area contributed by atoms with E-state index in [0.29, 0.717) is 12.1 Å². The molecule has 0 aliphatic carbocycles. The normalized spacial score (nSPS) is 14.6. The monoisotopic (exact) mass is 163 g/mol. The fraction of sp³-hybridized carbons (Fsp3) is 0.250. The van der Waals surface area contributed by atoms with Gasteiger partial charge in [0.05, 0.1) is 12.2 Å². The lowest BCUT2D eigenvalue weighted by atomic mass is 10.3. The van der Waals surface area contributed by atoms with Gasteiger partial charge in [0.2, 0.25) is 0 Å². The number of fused-ring (bicyclic) bond motifs is 1. The molecule has 0 atom stereocenters. The van der Waals surface area contributed by atoms with Crippen molar-refractivity contribution in [2.75, 3.05) is 5.32 Å². The van der Waals surface area contributed by atoms with Crippen LogP contribution in [-0.4, -0.2) is 16.1 Å². The number of aryl methyl sites for hydroxylation is 1. The standard InChI is InChI=1S/C8H9N3O/c1-6-2-8-9-3-7(5-12)4-11(8)10-6/h2-3,5,9H,4H2,1H3. The third-order valence-corrected chi connectivity index (χ3v) is 1.79. The zero-order chi connectivity index (χ0) is 8.55. The molecule has 4 nitrogen and oxygen atoms in total. The summed E-state index contributed by atoms with van der Waals surface area (Å²) in [7, 11) is 0. The molecule has 0 unspecified atom stereocenters. The Hall–Kier alpha value is -1.58. The van der Waals surface area contributed by atoms with Crippen LogP contribution in [0, 0.1) is 6.92 Å². The maximum absolute atomic E-state index is 10.4. The predicted octanol–water partition coefficient (Wildman–Crippen LogP) is 0.700. The molecule has 0 fully saturated rings. The van der Waals surface area contributed by atoms with Gasteiger partial charge in [-0.2, -0.15) is 5.10 Å². The molecule has 62 valence electrons. The van der Waals surface area contributed by atoms with Crippen molar-refractivity contribution in [2.45, 2.75) is 13.5 Å². The van der Waals surface area contributed by atoms with E-state index in [1.807, 2.05) is 13.0 Å². The van der Waals surface area contributed by atoms with Crippen LogP contribution in [0.3, 0.4) is 0 Å². The average Bonchev–Trinajstić information content (AvgIpc) is 2.43. The Morgan fingerprint density at radius 2 is 2.58 bits per heavy atom. The molecule has 0 saturated heterocycles. The van der Waals surface area contributed by atoms with Crippen molar-refractivity contribution in [3.63, 3.8) is 0 Å². The molecule has 0 saturated carbocycles. The van der Waals surface area contributed by atoms with Gasteiger partial charge in [-0.05, 0) is 6.92 Å². The van der Waals surface area contributed by atoms with Gasteiger partial charge in [0, 0.05) is 17.8 Å². The van der Waals surface area contributed by atoms with Gasteiger partial charge in [0.1, 0.15) is 12.1 Å². The second-order valence-electron chi connectivity index (χ2n) is 2.81. The van der Waals surface area contributed by atoms with Gasteiger partial charge in [0.25, 0.3) is 0 Å². The van der Waals surface area contributed by atoms with Crippen LogP contribution in [0.25, 0.3) is 0 Å². The number of allylic oxidation sites excluding steroid dienone is 1. The minimum absolute atomic E-state index is 0.569. The highest BCUT2D eigenvalue weighted by Gasteiger charge is 2.10. The van der Waals surface area contributed by atoms with Crippen LogP contribution >= 0.6 is 0 Å². The first-order valence-corrected chi connectivity index (χ1v) is 3.75. The van der Waals surface area contributed by atoms with Gasteiger partial charge in [-0.1, -0.05) is 0 Å². The number of hydrogen-bond acceptors (Lipinski definition) is 3. The first kappa shape index (κ1) is 7.09. The number of rotatable bonds is 1. The number of hydrogen-bond donors (Lipinski definition) is 1. The van der Waals surface area contributed by atoms with Gasteiger partial charge in [-0.3, -0.25) is 4.79 Å². The van der Waals surface area contributed by atoms with E-state index in [1.54, 1.807) is 10.9 Å². The van der Waals surface area contributed by atoms with Gasteiger partial charge < -0.3 is 5.32 Å². The zero-order valence-electron chi connectivity index (χ0n) is 6.74. The number of carbonyl (C=O) groups is 1. The Labute approximate surface area is 69.9 Å². The van der Waals surface area contributed by atoms with Gasteiger partial charge in [-0.25, -0.2) is 4.68 Å². The molecule has 1 aromatic rings. The Morgan fingerprint density at radius 1 is 1.75 bits per heavy atom. The molecule has 1 aliphatic rings. The summed E-state index contributed by atoms with van der Waals surface area (Å²) in [6, 6.07) is 1.94. The number of aldehydes is 1. The van der Waals surface area contributed by atoms with E-state index >= 15 is 0 Å². The maximum Gasteiger partial charge on any atom is 0.149 e. The molecule has 0 radical (unpaired) electrons. The highest BCUT2D eigenvalue weighted by atomic mass is 16.1. The molecule has 2 heterocycles. The lowest BCUT2D eigenvalue weighted by molar-refractivity contribution is -0.105. The van der Waals surface area contributed by atoms with Gasteiger partial charge in [-0.15, -0.1) is 0 Å². The quantitative estimate of drug-likeness (QED) is 0.620. The summed E-state index contributed by atoms with van der Waals surface area (Å²) in [5.41, 5.74) is 1.67. The fourth-order valence-corrected chi connectivity index (χ4v) is 1.24. The van der Waals surface area contributed by atoms with E-state index in [4.69, 9.17) is 0 Å². The van der Waals surface area contributed by atoms with Crippen molar-refractivity contribution in [1.82, 2.24) is 9.78 Å². The van der Waals surface area contributed by atoms with Crippen molar-refractivity contribution in [1.29, 1.82) is 0 Å². The van der Waals surface area contributed by atoms with Gasteiger partial charge in [0.15, 0.2) is 0 Å². The molecular weight excluding hydrogens is 154 g/mol. The van der Waals surface area contributed by atoms with E-state index in [-0.39, 0.29) is 0 Å². The molecule has 1 N–H and O–H groups in total. The average molecular weight is 163 g/mol. The lowest BCUT2D eigenvalue weighted by Crippen LogP contribution is -2.13. The first-order valence-electron chi connectivity index (χ1n) is 3.75. The van der Waals surface area contributed by atoms with E-state index in [2.05, 4.69) is 10.4 Å². The van der Waals surface area contributed by atoms with Crippen LogP contribution in [0.2, 0.25) is 0 Å². The maximum atomic E-state index is 10.4. The molecule has 4 heteroatoms. The molecule has 2 rings (SSSR count). The zero-order valence-corrected chi connectivity index (χ0v) is 6.74. The summed E-state index contributed by atoms with van der Waals surface area (Å²) >= 11 is 0. The highest BCUT2D eigenvalue weighted by molar-refractivity contribution is 5.74. The molecular formula is C8H9N3O. The predicted molar refractivity (Wildman–Crippen MR) is 44.7 cm³/mol. The Morgan fingerprint density at radius 3 is 3.33 bits per heavy atom. The van der Waals surface area contributed by atoms with Crippen LogP contribution in [0.15, 0.2) is 17.8 Å². The molecule has 0 spiro atoms. The van der Waals surface area contributed by atoms with E-state index in [1.165, 1.54) is 0 Å². The van der Waals surface area contributed by atoms with Crippen LogP contribution in [0.4, 0.5) is 5.82 Å². The van der Waals surface area contributed by atoms with Crippen molar-refractivity contribution in [2.24, 2.45) is 0 Å². The SMILES string of the molecule is Cc1cc2n(n1)CC(C=O)=CN2. The Balaban J connectivity index is 2.35. The van der Waals surface area contributed by atoms with Crippen LogP contribution < -0.4 is 5.32 Å². The first-order chi connectivity index (χ1) is 5.79. The summed E-state index contributed by atoms with van der Waals surface area (Å²) in [5.74, 6) is 0.943. The Kier molecular flexibility index (Phi) is 1.46. The highest BCUT2D eigenvalue weighted by Crippen LogP contribution is 2.15. The number of anilines is 1. The molecule has 12 heavy (non-hydrogen) atoms. The van der Waals surface area contributed by atoms with Crippen LogP contribution in [-0.2, 0) is 11.3 Å². The summed E-state index contributed by atoms with van der Waals surface area (Å²) < 4.78 is 1.78. The second-order valence-corrected chi connectivity index (χ2v) is 2.81. The number of nitrogens with zero attached hydrogens (tertiary/aromatic N) is 2. The van der Waals surface area contributed by atoms with Crippen LogP contribution in [0.1, 0.15) is 5.69 Å². The molecule has 0 aromatic carbocycles. The van der Waals surface area contributed by atoms with Crippen molar-refractivity contribution < 1.29 is 4.79 Å². The molecule has 1 aromatic heterocycles. The van der Waals surface area contributed by atoms with E-state index in [0.717, 1.165) is 17.8 Å². The third-order valence-electron chi connectivity index (χ3n) is 1.79. The Bertz CT molecular complexity index is 351. The molecule has 0 amide bonds. The van der Waals surface area contributed by atoms with Crippen LogP contribution in [0.5, 0.6) is 0 Å². The van der Waals surface area contributed by atoms with Crippen molar-refractivity contribution in [3.8, 4) is 0 Å². The molecule has 0 bridgehead atoms. The summed E-state index contributed by atoms with van der Waals surface area (Å²) in [4.78, 5) is 10.4. The summed E-state index contributed by atoms with van der Waals surface area (Å²) in [5, 5.41) is 7.20. The van der Waals surface area contributed by atoms with Crippen molar-refractivity contribution >= 4 is 12.1 Å².